The minimum atomic E-state index is -0.339. The van der Waals surface area contributed by atoms with E-state index < -0.39 is 0 Å². The molecule has 1 N–H and O–H groups in total. The molecule has 0 fully saturated rings. The summed E-state index contributed by atoms with van der Waals surface area (Å²) in [5, 5.41) is 8.12. The van der Waals surface area contributed by atoms with Gasteiger partial charge in [-0.3, -0.25) is 4.79 Å². The second-order valence-electron chi connectivity index (χ2n) is 7.58. The third kappa shape index (κ3) is 4.44. The van der Waals surface area contributed by atoms with Crippen molar-refractivity contribution in [2.75, 3.05) is 5.32 Å². The van der Waals surface area contributed by atoms with Gasteiger partial charge in [0.1, 0.15) is 5.82 Å². The summed E-state index contributed by atoms with van der Waals surface area (Å²) >= 11 is 5.98. The van der Waals surface area contributed by atoms with Crippen molar-refractivity contribution in [3.05, 3.63) is 81.9 Å². The van der Waals surface area contributed by atoms with Crippen LogP contribution >= 0.6 is 11.6 Å². The summed E-state index contributed by atoms with van der Waals surface area (Å²) in [5.41, 5.74) is 6.29. The zero-order valence-corrected chi connectivity index (χ0v) is 18.3. The SMILES string of the molecule is Cc1ccc(NC(=O)CCc2c(C)nc3cc(-c4ccc(Cl)cc4)nn3c2C)cc1F. The molecule has 2 heterocycles. The number of fused-ring (bicyclic) bond motifs is 1. The van der Waals surface area contributed by atoms with Crippen LogP contribution in [-0.2, 0) is 11.2 Å². The van der Waals surface area contributed by atoms with Crippen LogP contribution < -0.4 is 5.32 Å². The highest BCUT2D eigenvalue weighted by atomic mass is 35.5. The summed E-state index contributed by atoms with van der Waals surface area (Å²) in [4.78, 5) is 17.1. The molecule has 0 saturated heterocycles. The van der Waals surface area contributed by atoms with Gasteiger partial charge in [0.05, 0.1) is 5.69 Å². The maximum Gasteiger partial charge on any atom is 0.224 e. The topological polar surface area (TPSA) is 59.3 Å². The minimum Gasteiger partial charge on any atom is -0.326 e. The molecule has 1 amide bonds. The number of aromatic nitrogens is 3. The molecule has 4 rings (SSSR count). The Morgan fingerprint density at radius 3 is 2.55 bits per heavy atom. The van der Waals surface area contributed by atoms with Crippen LogP contribution in [0.1, 0.15) is 28.9 Å². The molecule has 2 aromatic heterocycles. The van der Waals surface area contributed by atoms with Gasteiger partial charge in [-0.15, -0.1) is 0 Å². The molecule has 0 aliphatic rings. The number of carbonyl (C=O) groups excluding carboxylic acids is 1. The lowest BCUT2D eigenvalue weighted by Gasteiger charge is -2.11. The Kier molecular flexibility index (Phi) is 5.74. The first-order valence-electron chi connectivity index (χ1n) is 9.99. The first-order chi connectivity index (χ1) is 14.8. The monoisotopic (exact) mass is 436 g/mol. The first-order valence-corrected chi connectivity index (χ1v) is 10.4. The van der Waals surface area contributed by atoms with E-state index in [2.05, 4.69) is 10.3 Å². The molecule has 7 heteroatoms. The summed E-state index contributed by atoms with van der Waals surface area (Å²) in [6.45, 7) is 5.59. The molecule has 0 spiro atoms. The molecular weight excluding hydrogens is 415 g/mol. The normalized spacial score (nSPS) is 11.1. The molecule has 158 valence electrons. The fourth-order valence-corrected chi connectivity index (χ4v) is 3.71. The number of nitrogens with zero attached hydrogens (tertiary/aromatic N) is 3. The molecule has 0 atom stereocenters. The van der Waals surface area contributed by atoms with E-state index in [1.807, 2.05) is 44.2 Å². The fourth-order valence-electron chi connectivity index (χ4n) is 3.58. The average molecular weight is 437 g/mol. The maximum absolute atomic E-state index is 13.7. The number of hydrogen-bond acceptors (Lipinski definition) is 3. The van der Waals surface area contributed by atoms with Crippen LogP contribution in [-0.4, -0.2) is 20.5 Å². The standard InChI is InChI=1S/C24H22ClFN4O/c1-14-4-9-19(12-21(14)26)28-24(31)11-10-20-15(2)27-23-13-22(29-30(23)16(20)3)17-5-7-18(25)8-6-17/h4-9,12-13H,10-11H2,1-3H3,(H,28,31). The van der Waals surface area contributed by atoms with Crippen molar-refractivity contribution < 1.29 is 9.18 Å². The highest BCUT2D eigenvalue weighted by Gasteiger charge is 2.15. The van der Waals surface area contributed by atoms with E-state index in [1.165, 1.54) is 6.07 Å². The van der Waals surface area contributed by atoms with Crippen LogP contribution in [0.3, 0.4) is 0 Å². The third-order valence-electron chi connectivity index (χ3n) is 5.36. The Hall–Kier alpha value is -3.25. The fraction of sp³-hybridized carbons (Fsp3) is 0.208. The summed E-state index contributed by atoms with van der Waals surface area (Å²) in [7, 11) is 0. The molecule has 2 aromatic carbocycles. The van der Waals surface area contributed by atoms with Gasteiger partial charge in [-0.05, 0) is 62.6 Å². The lowest BCUT2D eigenvalue weighted by atomic mass is 10.1. The molecule has 31 heavy (non-hydrogen) atoms. The number of benzene rings is 2. The maximum atomic E-state index is 13.7. The van der Waals surface area contributed by atoms with E-state index in [1.54, 1.807) is 23.6 Å². The molecule has 5 nitrogen and oxygen atoms in total. The van der Waals surface area contributed by atoms with Crippen LogP contribution in [0.15, 0.2) is 48.5 Å². The molecule has 0 radical (unpaired) electrons. The van der Waals surface area contributed by atoms with Crippen LogP contribution in [0.5, 0.6) is 0 Å². The van der Waals surface area contributed by atoms with E-state index in [9.17, 15) is 9.18 Å². The van der Waals surface area contributed by atoms with Gasteiger partial charge in [-0.2, -0.15) is 5.10 Å². The van der Waals surface area contributed by atoms with Gasteiger partial charge < -0.3 is 5.32 Å². The van der Waals surface area contributed by atoms with Crippen molar-refractivity contribution in [2.45, 2.75) is 33.6 Å². The molecular formula is C24H22ClFN4O. The highest BCUT2D eigenvalue weighted by molar-refractivity contribution is 6.30. The van der Waals surface area contributed by atoms with E-state index in [0.29, 0.717) is 22.7 Å². The number of aryl methyl sites for hydroxylation is 3. The summed E-state index contributed by atoms with van der Waals surface area (Å²) in [6.07, 6.45) is 0.770. The highest BCUT2D eigenvalue weighted by Crippen LogP contribution is 2.24. The second kappa shape index (κ2) is 8.47. The predicted molar refractivity (Wildman–Crippen MR) is 121 cm³/mol. The quantitative estimate of drug-likeness (QED) is 0.437. The predicted octanol–water partition coefficient (Wildman–Crippen LogP) is 5.69. The van der Waals surface area contributed by atoms with Crippen molar-refractivity contribution >= 4 is 28.8 Å². The second-order valence-corrected chi connectivity index (χ2v) is 8.02. The lowest BCUT2D eigenvalue weighted by molar-refractivity contribution is -0.116. The van der Waals surface area contributed by atoms with Crippen molar-refractivity contribution in [1.82, 2.24) is 14.6 Å². The smallest absolute Gasteiger partial charge is 0.224 e. The molecule has 4 aromatic rings. The average Bonchev–Trinajstić information content (AvgIpc) is 3.15. The molecule has 0 saturated carbocycles. The van der Waals surface area contributed by atoms with Gasteiger partial charge in [0.25, 0.3) is 0 Å². The first kappa shape index (κ1) is 21.0. The number of hydrogen-bond donors (Lipinski definition) is 1. The lowest BCUT2D eigenvalue weighted by Crippen LogP contribution is -2.14. The molecule has 0 bridgehead atoms. The van der Waals surface area contributed by atoms with E-state index >= 15 is 0 Å². The van der Waals surface area contributed by atoms with E-state index in [0.717, 1.165) is 33.9 Å². The minimum absolute atomic E-state index is 0.176. The van der Waals surface area contributed by atoms with Crippen molar-refractivity contribution in [3.8, 4) is 11.3 Å². The summed E-state index contributed by atoms with van der Waals surface area (Å²) in [5.74, 6) is -0.515. The molecule has 0 aliphatic carbocycles. The van der Waals surface area contributed by atoms with Gasteiger partial charge in [0, 0.05) is 40.1 Å². The number of carbonyl (C=O) groups is 1. The Morgan fingerprint density at radius 1 is 1.10 bits per heavy atom. The summed E-state index contributed by atoms with van der Waals surface area (Å²) < 4.78 is 15.5. The van der Waals surface area contributed by atoms with Crippen LogP contribution in [0, 0.1) is 26.6 Å². The Morgan fingerprint density at radius 2 is 1.84 bits per heavy atom. The van der Waals surface area contributed by atoms with Gasteiger partial charge in [0.15, 0.2) is 5.65 Å². The zero-order chi connectivity index (χ0) is 22.1. The summed E-state index contributed by atoms with van der Waals surface area (Å²) in [6, 6.07) is 14.1. The number of halogens is 2. The molecule has 0 aliphatic heterocycles. The zero-order valence-electron chi connectivity index (χ0n) is 17.5. The van der Waals surface area contributed by atoms with E-state index in [-0.39, 0.29) is 18.1 Å². The van der Waals surface area contributed by atoms with Gasteiger partial charge >= 0.3 is 0 Å². The van der Waals surface area contributed by atoms with Crippen LogP contribution in [0.25, 0.3) is 16.9 Å². The molecule has 0 unspecified atom stereocenters. The number of amides is 1. The van der Waals surface area contributed by atoms with Gasteiger partial charge in [-0.25, -0.2) is 13.9 Å². The number of rotatable bonds is 5. The number of anilines is 1. The van der Waals surface area contributed by atoms with Crippen LogP contribution in [0.4, 0.5) is 10.1 Å². The largest absolute Gasteiger partial charge is 0.326 e. The Balaban J connectivity index is 1.54. The third-order valence-corrected chi connectivity index (χ3v) is 5.61. The Labute approximate surface area is 184 Å². The van der Waals surface area contributed by atoms with Gasteiger partial charge in [0.2, 0.25) is 5.91 Å². The van der Waals surface area contributed by atoms with Gasteiger partial charge in [-0.1, -0.05) is 29.8 Å². The van der Waals surface area contributed by atoms with E-state index in [4.69, 9.17) is 16.7 Å². The van der Waals surface area contributed by atoms with Crippen molar-refractivity contribution in [1.29, 1.82) is 0 Å². The number of nitrogens with one attached hydrogen (secondary N) is 1. The van der Waals surface area contributed by atoms with Crippen molar-refractivity contribution in [3.63, 3.8) is 0 Å². The van der Waals surface area contributed by atoms with Crippen molar-refractivity contribution in [2.24, 2.45) is 0 Å². The Bertz CT molecular complexity index is 1280. The van der Waals surface area contributed by atoms with Crippen LogP contribution in [0.2, 0.25) is 5.02 Å².